The summed E-state index contributed by atoms with van der Waals surface area (Å²) >= 11 is 0. The summed E-state index contributed by atoms with van der Waals surface area (Å²) in [5.41, 5.74) is -0.328. The molecule has 1 spiro atoms. The molecular weight excluding hydrogens is 256 g/mol. The zero-order valence-corrected chi connectivity index (χ0v) is 12.2. The summed E-state index contributed by atoms with van der Waals surface area (Å²) in [4.78, 5) is 16.4. The molecule has 0 aliphatic carbocycles. The van der Waals surface area contributed by atoms with Crippen LogP contribution in [-0.4, -0.2) is 71.8 Å². The summed E-state index contributed by atoms with van der Waals surface area (Å²) < 4.78 is 5.90. The lowest BCUT2D eigenvalue weighted by Crippen LogP contribution is -2.56. The number of ether oxygens (including phenoxy) is 1. The van der Waals surface area contributed by atoms with Crippen molar-refractivity contribution >= 4 is 5.91 Å². The SMILES string of the molecule is O=C(CN1CCC2(CC1)OCCC[C@@H]2O)N1CCCC1. The Morgan fingerprint density at radius 3 is 2.50 bits per heavy atom. The number of amides is 1. The summed E-state index contributed by atoms with van der Waals surface area (Å²) in [6.07, 6.45) is 5.48. The fourth-order valence-electron chi connectivity index (χ4n) is 3.74. The van der Waals surface area contributed by atoms with Crippen LogP contribution in [0.15, 0.2) is 0 Å². The first kappa shape index (κ1) is 14.3. The zero-order valence-electron chi connectivity index (χ0n) is 12.2. The molecule has 1 amide bonds. The van der Waals surface area contributed by atoms with Crippen LogP contribution in [0.2, 0.25) is 0 Å². The van der Waals surface area contributed by atoms with E-state index in [2.05, 4.69) is 4.90 Å². The Morgan fingerprint density at radius 2 is 1.85 bits per heavy atom. The highest BCUT2D eigenvalue weighted by atomic mass is 16.5. The van der Waals surface area contributed by atoms with Gasteiger partial charge in [-0.1, -0.05) is 0 Å². The molecule has 0 unspecified atom stereocenters. The molecule has 0 aromatic rings. The number of hydrogen-bond acceptors (Lipinski definition) is 4. The maximum atomic E-state index is 12.1. The fourth-order valence-corrected chi connectivity index (χ4v) is 3.74. The van der Waals surface area contributed by atoms with Gasteiger partial charge in [-0.05, 0) is 38.5 Å². The van der Waals surface area contributed by atoms with E-state index in [9.17, 15) is 9.90 Å². The smallest absolute Gasteiger partial charge is 0.236 e. The molecule has 5 nitrogen and oxygen atoms in total. The Morgan fingerprint density at radius 1 is 1.15 bits per heavy atom. The van der Waals surface area contributed by atoms with E-state index >= 15 is 0 Å². The van der Waals surface area contributed by atoms with E-state index in [0.717, 1.165) is 71.3 Å². The van der Waals surface area contributed by atoms with Gasteiger partial charge in [0.1, 0.15) is 0 Å². The molecule has 0 bridgehead atoms. The summed E-state index contributed by atoms with van der Waals surface area (Å²) in [5, 5.41) is 10.2. The summed E-state index contributed by atoms with van der Waals surface area (Å²) in [6.45, 7) is 4.88. The maximum absolute atomic E-state index is 12.1. The maximum Gasteiger partial charge on any atom is 0.236 e. The number of nitrogens with zero attached hydrogens (tertiary/aromatic N) is 2. The van der Waals surface area contributed by atoms with Crippen molar-refractivity contribution in [2.75, 3.05) is 39.3 Å². The highest BCUT2D eigenvalue weighted by Gasteiger charge is 2.43. The van der Waals surface area contributed by atoms with E-state index in [0.29, 0.717) is 6.54 Å². The molecule has 1 N–H and O–H groups in total. The van der Waals surface area contributed by atoms with Crippen LogP contribution in [-0.2, 0) is 9.53 Å². The molecule has 0 radical (unpaired) electrons. The van der Waals surface area contributed by atoms with Crippen LogP contribution < -0.4 is 0 Å². The van der Waals surface area contributed by atoms with Gasteiger partial charge >= 0.3 is 0 Å². The zero-order chi connectivity index (χ0) is 14.0. The highest BCUT2D eigenvalue weighted by Crippen LogP contribution is 2.35. The fraction of sp³-hybridized carbons (Fsp3) is 0.933. The first-order chi connectivity index (χ1) is 9.70. The third-order valence-electron chi connectivity index (χ3n) is 5.14. The second-order valence-electron chi connectivity index (χ2n) is 6.44. The van der Waals surface area contributed by atoms with E-state index in [-0.39, 0.29) is 17.6 Å². The average Bonchev–Trinajstić information content (AvgIpc) is 2.99. The van der Waals surface area contributed by atoms with Crippen LogP contribution in [0.1, 0.15) is 38.5 Å². The third-order valence-corrected chi connectivity index (χ3v) is 5.14. The van der Waals surface area contributed by atoms with Crippen molar-refractivity contribution < 1.29 is 14.6 Å². The van der Waals surface area contributed by atoms with Gasteiger partial charge in [-0.25, -0.2) is 0 Å². The number of carbonyl (C=O) groups excluding carboxylic acids is 1. The van der Waals surface area contributed by atoms with Gasteiger partial charge in [-0.3, -0.25) is 9.69 Å². The van der Waals surface area contributed by atoms with Gasteiger partial charge in [-0.2, -0.15) is 0 Å². The van der Waals surface area contributed by atoms with Crippen LogP contribution in [0, 0.1) is 0 Å². The Kier molecular flexibility index (Phi) is 4.29. The van der Waals surface area contributed by atoms with E-state index < -0.39 is 0 Å². The molecule has 5 heteroatoms. The normalized spacial score (nSPS) is 30.9. The topological polar surface area (TPSA) is 53.0 Å². The van der Waals surface area contributed by atoms with Crippen LogP contribution in [0.25, 0.3) is 0 Å². The second-order valence-corrected chi connectivity index (χ2v) is 6.44. The Bertz CT molecular complexity index is 347. The summed E-state index contributed by atoms with van der Waals surface area (Å²) in [6, 6.07) is 0. The molecule has 3 aliphatic heterocycles. The van der Waals surface area contributed by atoms with Crippen LogP contribution in [0.4, 0.5) is 0 Å². The minimum Gasteiger partial charge on any atom is -0.390 e. The first-order valence-electron chi connectivity index (χ1n) is 8.02. The van der Waals surface area contributed by atoms with Gasteiger partial charge in [0.25, 0.3) is 0 Å². The highest BCUT2D eigenvalue weighted by molar-refractivity contribution is 5.78. The molecule has 114 valence electrons. The Hall–Kier alpha value is -0.650. The quantitative estimate of drug-likeness (QED) is 0.806. The molecule has 3 rings (SSSR count). The molecule has 3 aliphatic rings. The average molecular weight is 282 g/mol. The van der Waals surface area contributed by atoms with Crippen molar-refractivity contribution in [3.63, 3.8) is 0 Å². The van der Waals surface area contributed by atoms with Crippen molar-refractivity contribution in [1.82, 2.24) is 9.80 Å². The lowest BCUT2D eigenvalue weighted by Gasteiger charge is -2.46. The monoisotopic (exact) mass is 282 g/mol. The van der Waals surface area contributed by atoms with E-state index in [1.807, 2.05) is 4.90 Å². The molecule has 3 saturated heterocycles. The molecule has 0 aromatic carbocycles. The van der Waals surface area contributed by atoms with Crippen molar-refractivity contribution in [3.05, 3.63) is 0 Å². The molecule has 0 aromatic heterocycles. The van der Waals surface area contributed by atoms with Crippen molar-refractivity contribution in [2.45, 2.75) is 50.2 Å². The largest absolute Gasteiger partial charge is 0.390 e. The predicted molar refractivity (Wildman–Crippen MR) is 75.4 cm³/mol. The van der Waals surface area contributed by atoms with Crippen molar-refractivity contribution in [3.8, 4) is 0 Å². The van der Waals surface area contributed by atoms with E-state index in [4.69, 9.17) is 4.74 Å². The summed E-state index contributed by atoms with van der Waals surface area (Å²) in [7, 11) is 0. The Labute approximate surface area is 120 Å². The van der Waals surface area contributed by atoms with Gasteiger partial charge in [0.05, 0.1) is 18.2 Å². The molecule has 1 atom stereocenters. The Balaban J connectivity index is 1.49. The second kappa shape index (κ2) is 6.00. The minimum absolute atomic E-state index is 0.267. The number of likely N-dealkylation sites (tertiary alicyclic amines) is 2. The number of piperidine rings is 1. The van der Waals surface area contributed by atoms with Gasteiger partial charge < -0.3 is 14.7 Å². The van der Waals surface area contributed by atoms with Gasteiger partial charge in [0.2, 0.25) is 5.91 Å². The molecule has 3 heterocycles. The number of rotatable bonds is 2. The van der Waals surface area contributed by atoms with E-state index in [1.165, 1.54) is 0 Å². The van der Waals surface area contributed by atoms with Gasteiger partial charge in [-0.15, -0.1) is 0 Å². The van der Waals surface area contributed by atoms with Crippen LogP contribution in [0.3, 0.4) is 0 Å². The predicted octanol–water partition coefficient (Wildman–Crippen LogP) is 0.615. The number of aliphatic hydroxyl groups excluding tert-OH is 1. The van der Waals surface area contributed by atoms with Crippen molar-refractivity contribution in [2.24, 2.45) is 0 Å². The minimum atomic E-state index is -0.328. The first-order valence-corrected chi connectivity index (χ1v) is 8.02. The lowest BCUT2D eigenvalue weighted by molar-refractivity contribution is -0.177. The summed E-state index contributed by atoms with van der Waals surface area (Å²) in [5.74, 6) is 0.267. The molecule has 0 saturated carbocycles. The van der Waals surface area contributed by atoms with Crippen LogP contribution >= 0.6 is 0 Å². The molecule has 20 heavy (non-hydrogen) atoms. The number of hydrogen-bond donors (Lipinski definition) is 1. The lowest BCUT2D eigenvalue weighted by atomic mass is 9.82. The number of aliphatic hydroxyl groups is 1. The van der Waals surface area contributed by atoms with Gasteiger partial charge in [0.15, 0.2) is 0 Å². The van der Waals surface area contributed by atoms with Crippen LogP contribution in [0.5, 0.6) is 0 Å². The van der Waals surface area contributed by atoms with Gasteiger partial charge in [0, 0.05) is 32.8 Å². The van der Waals surface area contributed by atoms with E-state index in [1.54, 1.807) is 0 Å². The van der Waals surface area contributed by atoms with Crippen molar-refractivity contribution in [1.29, 1.82) is 0 Å². The number of carbonyl (C=O) groups is 1. The molecule has 3 fully saturated rings. The molecular formula is C15H26N2O3. The third kappa shape index (κ3) is 2.85. The standard InChI is InChI=1S/C15H26N2O3/c18-13-4-3-11-20-15(13)5-9-16(10-6-15)12-14(19)17-7-1-2-8-17/h13,18H,1-12H2/t13-/m0/s1.